The fourth-order valence-electron chi connectivity index (χ4n) is 5.30. The number of carboxylic acid groups (broad SMARTS) is 1. The zero-order valence-corrected chi connectivity index (χ0v) is 17.6. The molecule has 160 valence electrons. The van der Waals surface area contributed by atoms with Crippen molar-refractivity contribution >= 4 is 16.1 Å². The van der Waals surface area contributed by atoms with Crippen LogP contribution in [-0.2, 0) is 14.9 Å². The Morgan fingerprint density at radius 2 is 1.86 bits per heavy atom. The van der Waals surface area contributed by atoms with E-state index in [9.17, 15) is 17.8 Å². The number of hydrogen-bond acceptors (Lipinski definition) is 6. The number of carboxylic acids is 1. The van der Waals surface area contributed by atoms with E-state index in [0.29, 0.717) is 12.5 Å². The summed E-state index contributed by atoms with van der Waals surface area (Å²) < 4.78 is 34.7. The van der Waals surface area contributed by atoms with Crippen molar-refractivity contribution in [3.63, 3.8) is 0 Å². The Morgan fingerprint density at radius 1 is 1.18 bits per heavy atom. The van der Waals surface area contributed by atoms with Gasteiger partial charge in [0.25, 0.3) is 0 Å². The smallest absolute Gasteiger partial charge is 0.306 e. The fraction of sp³-hybridized carbons (Fsp3) is 0.842. The molecule has 2 N–H and O–H groups in total. The second kappa shape index (κ2) is 8.59. The van der Waals surface area contributed by atoms with Crippen LogP contribution >= 0.6 is 0 Å². The van der Waals surface area contributed by atoms with Crippen molar-refractivity contribution in [1.82, 2.24) is 14.7 Å². The molecule has 2 fully saturated rings. The Balaban J connectivity index is 1.87. The minimum Gasteiger partial charge on any atom is -0.481 e. The van der Waals surface area contributed by atoms with Crippen molar-refractivity contribution in [2.45, 2.75) is 62.9 Å². The highest BCUT2D eigenvalue weighted by atomic mass is 32.2. The Bertz CT molecular complexity index is 708. The summed E-state index contributed by atoms with van der Waals surface area (Å²) in [5.41, 5.74) is -0.399. The minimum absolute atomic E-state index is 0.0476. The van der Waals surface area contributed by atoms with Gasteiger partial charge in [-0.3, -0.25) is 9.35 Å². The lowest BCUT2D eigenvalue weighted by atomic mass is 9.69. The van der Waals surface area contributed by atoms with Gasteiger partial charge in [-0.25, -0.2) is 0 Å². The molecule has 28 heavy (non-hydrogen) atoms. The lowest BCUT2D eigenvalue weighted by Gasteiger charge is -2.45. The van der Waals surface area contributed by atoms with Crippen molar-refractivity contribution < 1.29 is 22.9 Å². The van der Waals surface area contributed by atoms with Gasteiger partial charge in [0.05, 0.1) is 6.42 Å². The van der Waals surface area contributed by atoms with E-state index in [1.165, 1.54) is 30.6 Å². The van der Waals surface area contributed by atoms with Gasteiger partial charge in [0.15, 0.2) is 0 Å². The first-order valence-electron chi connectivity index (χ1n) is 10.2. The minimum atomic E-state index is -4.41. The number of hydrogen-bond donors (Lipinski definition) is 2. The second-order valence-electron chi connectivity index (χ2n) is 8.76. The van der Waals surface area contributed by atoms with Crippen LogP contribution in [0.2, 0.25) is 0 Å². The third-order valence-corrected chi connectivity index (χ3v) is 7.43. The van der Waals surface area contributed by atoms with Crippen LogP contribution in [0.5, 0.6) is 0 Å². The zero-order chi connectivity index (χ0) is 20.5. The van der Waals surface area contributed by atoms with Gasteiger partial charge >= 0.3 is 16.1 Å². The van der Waals surface area contributed by atoms with E-state index >= 15 is 0 Å². The molecule has 4 unspecified atom stereocenters. The van der Waals surface area contributed by atoms with Crippen LogP contribution in [0.1, 0.15) is 51.4 Å². The summed E-state index contributed by atoms with van der Waals surface area (Å²) >= 11 is 0. The highest BCUT2D eigenvalue weighted by Crippen LogP contribution is 2.44. The van der Waals surface area contributed by atoms with Gasteiger partial charge < -0.3 is 19.8 Å². The van der Waals surface area contributed by atoms with Gasteiger partial charge in [-0.1, -0.05) is 25.7 Å². The van der Waals surface area contributed by atoms with E-state index in [2.05, 4.69) is 0 Å². The number of aliphatic carboxylic acids is 1. The molecule has 0 radical (unpaired) electrons. The normalized spacial score (nSPS) is 31.1. The average molecular weight is 416 g/mol. The van der Waals surface area contributed by atoms with E-state index in [1.807, 2.05) is 23.9 Å². The molecular formula is C19H33N3O5S. The van der Waals surface area contributed by atoms with Crippen molar-refractivity contribution in [3.8, 4) is 0 Å². The van der Waals surface area contributed by atoms with Crippen LogP contribution in [0.25, 0.3) is 0 Å². The van der Waals surface area contributed by atoms with E-state index in [4.69, 9.17) is 5.11 Å². The molecule has 3 rings (SSSR count). The first kappa shape index (κ1) is 21.4. The highest BCUT2D eigenvalue weighted by Gasteiger charge is 2.46. The van der Waals surface area contributed by atoms with Crippen LogP contribution in [0.4, 0.5) is 0 Å². The van der Waals surface area contributed by atoms with Gasteiger partial charge in [0.2, 0.25) is 5.50 Å². The molecule has 0 aromatic heterocycles. The summed E-state index contributed by atoms with van der Waals surface area (Å²) in [6.07, 6.45) is 9.48. The molecule has 4 atom stereocenters. The molecule has 0 aromatic carbocycles. The molecule has 8 nitrogen and oxygen atoms in total. The Kier molecular flexibility index (Phi) is 6.56. The first-order valence-corrected chi connectivity index (χ1v) is 11.7. The third kappa shape index (κ3) is 4.80. The quantitative estimate of drug-likeness (QED) is 0.609. The molecule has 3 aliphatic rings. The largest absolute Gasteiger partial charge is 0.481 e. The van der Waals surface area contributed by atoms with E-state index in [-0.39, 0.29) is 19.0 Å². The highest BCUT2D eigenvalue weighted by molar-refractivity contribution is 7.86. The molecule has 0 aromatic rings. The van der Waals surface area contributed by atoms with E-state index in [1.54, 1.807) is 6.20 Å². The fourth-order valence-corrected chi connectivity index (χ4v) is 6.40. The predicted octanol–water partition coefficient (Wildman–Crippen LogP) is 2.01. The lowest BCUT2D eigenvalue weighted by Crippen LogP contribution is -2.52. The lowest BCUT2D eigenvalue weighted by molar-refractivity contribution is -0.137. The molecule has 2 saturated carbocycles. The predicted molar refractivity (Wildman–Crippen MR) is 106 cm³/mol. The average Bonchev–Trinajstić information content (AvgIpc) is 2.97. The Morgan fingerprint density at radius 3 is 2.46 bits per heavy atom. The van der Waals surface area contributed by atoms with Crippen LogP contribution < -0.4 is 0 Å². The monoisotopic (exact) mass is 415 g/mol. The van der Waals surface area contributed by atoms with Gasteiger partial charge in [-0.15, -0.1) is 0 Å². The number of carbonyl (C=O) groups is 1. The SMILES string of the molecule is CN(C)CC1=CN(CCC(=O)O)C(S(=O)(=O)O)N1C1CCC2CCCCC2C1. The van der Waals surface area contributed by atoms with Crippen molar-refractivity contribution in [2.75, 3.05) is 27.2 Å². The molecule has 0 spiro atoms. The van der Waals surface area contributed by atoms with E-state index < -0.39 is 21.6 Å². The topological polar surface area (TPSA) is 101 Å². The maximum Gasteiger partial charge on any atom is 0.306 e. The Hall–Kier alpha value is -1.32. The summed E-state index contributed by atoms with van der Waals surface area (Å²) in [5.74, 6) is 0.363. The third-order valence-electron chi connectivity index (χ3n) is 6.40. The van der Waals surface area contributed by atoms with E-state index in [0.717, 1.165) is 30.9 Å². The number of rotatable bonds is 7. The summed E-state index contributed by atoms with van der Waals surface area (Å²) in [5, 5.41) is 9.04. The van der Waals surface area contributed by atoms with Crippen LogP contribution in [0.15, 0.2) is 11.9 Å². The van der Waals surface area contributed by atoms with Gasteiger partial charge in [-0.05, 0) is 45.2 Å². The van der Waals surface area contributed by atoms with Crippen molar-refractivity contribution in [3.05, 3.63) is 11.9 Å². The molecule has 0 bridgehead atoms. The number of nitrogens with zero attached hydrogens (tertiary/aromatic N) is 3. The maximum atomic E-state index is 12.3. The van der Waals surface area contributed by atoms with Crippen molar-refractivity contribution in [1.29, 1.82) is 0 Å². The molecule has 0 saturated heterocycles. The molecule has 2 aliphatic carbocycles. The van der Waals surface area contributed by atoms with Crippen LogP contribution in [0.3, 0.4) is 0 Å². The van der Waals surface area contributed by atoms with Crippen molar-refractivity contribution in [2.24, 2.45) is 11.8 Å². The standard InChI is InChI=1S/C19H33N3O5S/c1-20(2)12-17-13-21(10-9-18(23)24)19(28(25,26)27)22(17)16-8-7-14-5-3-4-6-15(14)11-16/h13-16,19H,3-12H2,1-2H3,(H,23,24)(H,25,26,27). The zero-order valence-electron chi connectivity index (χ0n) is 16.8. The van der Waals surface area contributed by atoms with Gasteiger partial charge in [0.1, 0.15) is 0 Å². The maximum absolute atomic E-state index is 12.3. The summed E-state index contributed by atoms with van der Waals surface area (Å²) in [7, 11) is -0.576. The second-order valence-corrected chi connectivity index (χ2v) is 10.2. The molecule has 0 amide bonds. The van der Waals surface area contributed by atoms with Gasteiger partial charge in [0, 0.05) is 31.0 Å². The molecule has 1 heterocycles. The number of fused-ring (bicyclic) bond motifs is 1. The molecule has 1 aliphatic heterocycles. The number of likely N-dealkylation sites (N-methyl/N-ethyl adjacent to an activating group) is 1. The summed E-state index contributed by atoms with van der Waals surface area (Å²) in [4.78, 5) is 16.3. The Labute approximate surface area is 167 Å². The van der Waals surface area contributed by atoms with Crippen LogP contribution in [-0.4, -0.2) is 77.5 Å². The summed E-state index contributed by atoms with van der Waals surface area (Å²) in [6.45, 7) is 0.589. The van der Waals surface area contributed by atoms with Crippen LogP contribution in [0, 0.1) is 11.8 Å². The molecule has 9 heteroatoms. The first-order chi connectivity index (χ1) is 13.2. The van der Waals surface area contributed by atoms with Gasteiger partial charge in [-0.2, -0.15) is 8.42 Å². The molecular weight excluding hydrogens is 382 g/mol. The summed E-state index contributed by atoms with van der Waals surface area (Å²) in [6, 6.07) is 0.0484.